The molecule has 1 amide bonds. The molecule has 0 saturated carbocycles. The summed E-state index contributed by atoms with van der Waals surface area (Å²) in [5, 5.41) is 0. The smallest absolute Gasteiger partial charge is 0.337 e. The normalized spacial score (nSPS) is 15.5. The summed E-state index contributed by atoms with van der Waals surface area (Å²) in [5.74, 6) is -0.579. The van der Waals surface area contributed by atoms with E-state index >= 15 is 0 Å². The zero-order chi connectivity index (χ0) is 24.0. The van der Waals surface area contributed by atoms with Crippen LogP contribution in [-0.2, 0) is 25.6 Å². The van der Waals surface area contributed by atoms with Gasteiger partial charge in [-0.15, -0.1) is 11.3 Å². The Morgan fingerprint density at radius 2 is 1.82 bits per heavy atom. The molecule has 1 aromatic heterocycles. The van der Waals surface area contributed by atoms with Crippen LogP contribution < -0.4 is 14.8 Å². The Morgan fingerprint density at radius 1 is 1.15 bits per heavy atom. The predicted octanol–water partition coefficient (Wildman–Crippen LogP) is 1.13. The topological polar surface area (TPSA) is 94.9 Å². The molecule has 1 saturated heterocycles. The van der Waals surface area contributed by atoms with E-state index in [9.17, 15) is 19.2 Å². The Balaban J connectivity index is 1.97. The number of piperidine rings is 1. The van der Waals surface area contributed by atoms with Crippen molar-refractivity contribution in [3.05, 3.63) is 54.9 Å². The lowest BCUT2D eigenvalue weighted by Crippen LogP contribution is -2.43. The van der Waals surface area contributed by atoms with Gasteiger partial charge in [0.2, 0.25) is 5.91 Å². The molecule has 0 unspecified atom stereocenters. The number of benzene rings is 1. The molecular weight excluding hydrogens is 444 g/mol. The van der Waals surface area contributed by atoms with Crippen LogP contribution in [0.1, 0.15) is 42.6 Å². The molecule has 2 heterocycles. The number of hydrogen-bond donors (Lipinski definition) is 0. The lowest BCUT2D eigenvalue weighted by molar-refractivity contribution is -0.136. The van der Waals surface area contributed by atoms with Crippen molar-refractivity contribution in [2.75, 3.05) is 26.8 Å². The first kappa shape index (κ1) is 24.4. The van der Waals surface area contributed by atoms with Crippen molar-refractivity contribution in [3.63, 3.8) is 0 Å². The Kier molecular flexibility index (Phi) is 8.21. The van der Waals surface area contributed by atoms with Crippen molar-refractivity contribution in [2.45, 2.75) is 33.2 Å². The van der Waals surface area contributed by atoms with Gasteiger partial charge in [-0.25, -0.2) is 9.59 Å². The number of esters is 2. The Bertz CT molecular complexity index is 1190. The van der Waals surface area contributed by atoms with Gasteiger partial charge in [0.1, 0.15) is 11.2 Å². The summed E-state index contributed by atoms with van der Waals surface area (Å²) in [6.45, 7) is 5.27. The molecule has 1 aromatic carbocycles. The van der Waals surface area contributed by atoms with Gasteiger partial charge < -0.3 is 14.4 Å². The maximum absolute atomic E-state index is 13.2. The van der Waals surface area contributed by atoms with Crippen LogP contribution in [0.5, 0.6) is 0 Å². The number of carbonyl (C=O) groups excluding carboxylic acids is 3. The Hall–Kier alpha value is -3.20. The summed E-state index contributed by atoms with van der Waals surface area (Å²) in [6, 6.07) is 6.61. The summed E-state index contributed by atoms with van der Waals surface area (Å²) >= 11 is 1.12. The standard InChI is InChI=1S/C24H28N2O6S/c1-4-32-22(28)14-21-26(15-20(27)25-11-9-16(2)10-12-25)23(29)19(33-21)13-17-5-7-18(8-6-17)24(30)31-3/h5-8,13-14,16H,4,9-12,15H2,1-3H3. The van der Waals surface area contributed by atoms with Crippen LogP contribution in [0.15, 0.2) is 29.1 Å². The summed E-state index contributed by atoms with van der Waals surface area (Å²) < 4.78 is 11.8. The van der Waals surface area contributed by atoms with Gasteiger partial charge in [-0.05, 0) is 49.5 Å². The summed E-state index contributed by atoms with van der Waals surface area (Å²) in [6.07, 6.45) is 4.79. The fourth-order valence-electron chi connectivity index (χ4n) is 3.56. The van der Waals surface area contributed by atoms with Crippen LogP contribution in [0.3, 0.4) is 0 Å². The first-order chi connectivity index (χ1) is 15.8. The van der Waals surface area contributed by atoms with Gasteiger partial charge in [-0.3, -0.25) is 14.2 Å². The van der Waals surface area contributed by atoms with E-state index in [0.717, 1.165) is 24.2 Å². The SMILES string of the molecule is CCOC(=O)C=c1sc(=Cc2ccc(C(=O)OC)cc2)c(=O)n1CC(=O)N1CCC(C)CC1. The molecule has 0 spiro atoms. The Labute approximate surface area is 195 Å². The number of nitrogens with zero attached hydrogens (tertiary/aromatic N) is 2. The minimum absolute atomic E-state index is 0.135. The third-order valence-electron chi connectivity index (χ3n) is 5.52. The largest absolute Gasteiger partial charge is 0.465 e. The fraction of sp³-hybridized carbons (Fsp3) is 0.417. The van der Waals surface area contributed by atoms with Crippen molar-refractivity contribution in [3.8, 4) is 0 Å². The third kappa shape index (κ3) is 6.19. The van der Waals surface area contributed by atoms with Crippen molar-refractivity contribution >= 4 is 41.3 Å². The molecule has 0 N–H and O–H groups in total. The molecule has 0 bridgehead atoms. The Morgan fingerprint density at radius 3 is 2.42 bits per heavy atom. The molecule has 33 heavy (non-hydrogen) atoms. The molecule has 1 aliphatic heterocycles. The minimum Gasteiger partial charge on any atom is -0.465 e. The molecule has 1 fully saturated rings. The monoisotopic (exact) mass is 472 g/mol. The van der Waals surface area contributed by atoms with Crippen LogP contribution >= 0.6 is 11.3 Å². The lowest BCUT2D eigenvalue weighted by atomic mass is 9.99. The summed E-state index contributed by atoms with van der Waals surface area (Å²) in [5.41, 5.74) is 0.745. The number of ether oxygens (including phenoxy) is 2. The number of thiazole rings is 1. The number of likely N-dealkylation sites (tertiary alicyclic amines) is 1. The number of amides is 1. The van der Waals surface area contributed by atoms with Gasteiger partial charge in [0, 0.05) is 13.1 Å². The molecule has 1 aliphatic rings. The van der Waals surface area contributed by atoms with Crippen LogP contribution in [0.4, 0.5) is 0 Å². The zero-order valence-electron chi connectivity index (χ0n) is 19.0. The van der Waals surface area contributed by atoms with Crippen molar-refractivity contribution < 1.29 is 23.9 Å². The molecule has 176 valence electrons. The highest BCUT2D eigenvalue weighted by Crippen LogP contribution is 2.16. The van der Waals surface area contributed by atoms with Gasteiger partial charge in [-0.1, -0.05) is 19.1 Å². The molecule has 8 nitrogen and oxygen atoms in total. The van der Waals surface area contributed by atoms with Gasteiger partial charge in [0.05, 0.1) is 29.9 Å². The van der Waals surface area contributed by atoms with Crippen LogP contribution in [0.2, 0.25) is 0 Å². The molecule has 3 rings (SSSR count). The molecule has 2 aromatic rings. The number of rotatable bonds is 6. The highest BCUT2D eigenvalue weighted by molar-refractivity contribution is 7.07. The summed E-state index contributed by atoms with van der Waals surface area (Å²) in [7, 11) is 1.31. The highest BCUT2D eigenvalue weighted by atomic mass is 32.1. The van der Waals surface area contributed by atoms with Gasteiger partial charge in [-0.2, -0.15) is 0 Å². The number of hydrogen-bond acceptors (Lipinski definition) is 7. The van der Waals surface area contributed by atoms with Crippen LogP contribution in [-0.4, -0.2) is 54.1 Å². The third-order valence-corrected chi connectivity index (χ3v) is 6.58. The second kappa shape index (κ2) is 11.1. The molecular formula is C24H28N2O6S. The zero-order valence-corrected chi connectivity index (χ0v) is 19.9. The second-order valence-electron chi connectivity index (χ2n) is 7.91. The summed E-state index contributed by atoms with van der Waals surface area (Å²) in [4.78, 5) is 51.5. The van der Waals surface area contributed by atoms with Crippen molar-refractivity contribution in [2.24, 2.45) is 5.92 Å². The van der Waals surface area contributed by atoms with E-state index in [1.165, 1.54) is 17.8 Å². The van der Waals surface area contributed by atoms with Gasteiger partial charge in [0.15, 0.2) is 0 Å². The van der Waals surface area contributed by atoms with E-state index in [-0.39, 0.29) is 24.6 Å². The quantitative estimate of drug-likeness (QED) is 0.585. The van der Waals surface area contributed by atoms with Crippen molar-refractivity contribution in [1.82, 2.24) is 9.47 Å². The minimum atomic E-state index is -0.569. The molecule has 0 radical (unpaired) electrons. The molecule has 0 atom stereocenters. The van der Waals surface area contributed by atoms with E-state index in [4.69, 9.17) is 9.47 Å². The highest BCUT2D eigenvalue weighted by Gasteiger charge is 2.21. The van der Waals surface area contributed by atoms with Crippen LogP contribution in [0.25, 0.3) is 12.2 Å². The maximum atomic E-state index is 13.2. The molecule has 0 aliphatic carbocycles. The van der Waals surface area contributed by atoms with E-state index in [0.29, 0.717) is 39.3 Å². The number of carbonyl (C=O) groups is 3. The van der Waals surface area contributed by atoms with Crippen molar-refractivity contribution in [1.29, 1.82) is 0 Å². The fourth-order valence-corrected chi connectivity index (χ4v) is 4.59. The average Bonchev–Trinajstić information content (AvgIpc) is 3.08. The van der Waals surface area contributed by atoms with Crippen LogP contribution in [0, 0.1) is 5.92 Å². The number of methoxy groups -OCH3 is 1. The average molecular weight is 473 g/mol. The maximum Gasteiger partial charge on any atom is 0.337 e. The van der Waals surface area contributed by atoms with E-state index in [1.54, 1.807) is 42.2 Å². The first-order valence-electron chi connectivity index (χ1n) is 10.9. The lowest BCUT2D eigenvalue weighted by Gasteiger charge is -2.30. The van der Waals surface area contributed by atoms with Gasteiger partial charge in [0.25, 0.3) is 5.56 Å². The van der Waals surface area contributed by atoms with E-state index in [2.05, 4.69) is 6.92 Å². The second-order valence-corrected chi connectivity index (χ2v) is 8.98. The predicted molar refractivity (Wildman–Crippen MR) is 125 cm³/mol. The van der Waals surface area contributed by atoms with E-state index in [1.807, 2.05) is 0 Å². The molecule has 9 heteroatoms. The first-order valence-corrected chi connectivity index (χ1v) is 11.7. The van der Waals surface area contributed by atoms with E-state index < -0.39 is 11.9 Å². The van der Waals surface area contributed by atoms with Gasteiger partial charge >= 0.3 is 11.9 Å². The number of aromatic nitrogens is 1.